The molecule has 1 aromatic carbocycles. The van der Waals surface area contributed by atoms with Crippen molar-refractivity contribution < 1.29 is 14.3 Å². The monoisotopic (exact) mass is 583 g/mol. The summed E-state index contributed by atoms with van der Waals surface area (Å²) in [6.45, 7) is 4.22. The topological polar surface area (TPSA) is 116 Å². The minimum Gasteiger partial charge on any atom is -0.379 e. The van der Waals surface area contributed by atoms with E-state index in [2.05, 4.69) is 25.4 Å². The average Bonchev–Trinajstić information content (AvgIpc) is 3.81. The SMILES string of the molecule is O=C(Nc1nc2c(s1)C[C@@H](N1CCOCC1)CC2)c1cccc([C@H]2CCCN2C(=O)c2cc(-c3ccncc3)n[nH]2)c1. The number of fused-ring (bicyclic) bond motifs is 1. The molecule has 3 aliphatic rings. The number of carbonyl (C=O) groups excluding carboxylic acids is 2. The van der Waals surface area contributed by atoms with Crippen LogP contribution in [0.15, 0.2) is 54.9 Å². The van der Waals surface area contributed by atoms with Gasteiger partial charge in [-0.1, -0.05) is 12.1 Å². The molecule has 0 saturated carbocycles. The van der Waals surface area contributed by atoms with Gasteiger partial charge in [0.25, 0.3) is 11.8 Å². The Hall–Kier alpha value is -3.93. The molecule has 10 nitrogen and oxygen atoms in total. The lowest BCUT2D eigenvalue weighted by molar-refractivity contribution is 0.0139. The molecule has 2 saturated heterocycles. The summed E-state index contributed by atoms with van der Waals surface area (Å²) in [5.74, 6) is -0.275. The van der Waals surface area contributed by atoms with Crippen molar-refractivity contribution in [3.8, 4) is 11.3 Å². The highest BCUT2D eigenvalue weighted by atomic mass is 32.1. The molecule has 0 unspecified atom stereocenters. The second-order valence-electron chi connectivity index (χ2n) is 11.1. The van der Waals surface area contributed by atoms with Crippen LogP contribution in [0.2, 0.25) is 0 Å². The fraction of sp³-hybridized carbons (Fsp3) is 0.387. The van der Waals surface area contributed by atoms with Crippen molar-refractivity contribution in [3.05, 3.63) is 82.3 Å². The van der Waals surface area contributed by atoms with Crippen molar-refractivity contribution >= 4 is 28.3 Å². The number of aromatic amines is 1. The summed E-state index contributed by atoms with van der Waals surface area (Å²) in [4.78, 5) is 41.3. The summed E-state index contributed by atoms with van der Waals surface area (Å²) in [5, 5.41) is 10.9. The first-order valence-corrected chi connectivity index (χ1v) is 15.4. The highest BCUT2D eigenvalue weighted by Gasteiger charge is 2.32. The van der Waals surface area contributed by atoms with E-state index in [1.54, 1.807) is 29.8 Å². The molecule has 1 aliphatic carbocycles. The number of nitrogens with zero attached hydrogens (tertiary/aromatic N) is 5. The number of thiazole rings is 1. The Balaban J connectivity index is 1.03. The average molecular weight is 584 g/mol. The zero-order valence-electron chi connectivity index (χ0n) is 23.3. The number of aromatic nitrogens is 4. The number of H-pyrrole nitrogens is 1. The summed E-state index contributed by atoms with van der Waals surface area (Å²) in [5.41, 5.74) is 4.68. The molecule has 3 aromatic heterocycles. The zero-order valence-corrected chi connectivity index (χ0v) is 24.1. The number of pyridine rings is 1. The fourth-order valence-electron chi connectivity index (χ4n) is 6.33. The van der Waals surface area contributed by atoms with Crippen LogP contribution < -0.4 is 5.32 Å². The van der Waals surface area contributed by atoms with Crippen LogP contribution in [-0.4, -0.2) is 80.7 Å². The van der Waals surface area contributed by atoms with E-state index < -0.39 is 0 Å². The molecule has 0 radical (unpaired) electrons. The minimum atomic E-state index is -0.181. The number of morpholine rings is 1. The molecule has 2 atom stereocenters. The molecule has 2 amide bonds. The lowest BCUT2D eigenvalue weighted by Gasteiger charge is -2.36. The summed E-state index contributed by atoms with van der Waals surface area (Å²) < 4.78 is 5.52. The van der Waals surface area contributed by atoms with Gasteiger partial charge in [0.05, 0.1) is 30.6 Å². The Morgan fingerprint density at radius 3 is 2.76 bits per heavy atom. The van der Waals surface area contributed by atoms with Crippen LogP contribution in [0.25, 0.3) is 11.3 Å². The van der Waals surface area contributed by atoms with Crippen molar-refractivity contribution in [3.63, 3.8) is 0 Å². The zero-order chi connectivity index (χ0) is 28.5. The van der Waals surface area contributed by atoms with Crippen LogP contribution in [0.3, 0.4) is 0 Å². The number of likely N-dealkylation sites (tertiary alicyclic amines) is 1. The van der Waals surface area contributed by atoms with Crippen LogP contribution in [0.5, 0.6) is 0 Å². The number of rotatable bonds is 6. The third-order valence-corrected chi connectivity index (χ3v) is 9.56. The second-order valence-corrected chi connectivity index (χ2v) is 12.2. The molecule has 216 valence electrons. The first kappa shape index (κ1) is 26.9. The van der Waals surface area contributed by atoms with E-state index in [1.165, 1.54) is 4.88 Å². The maximum absolute atomic E-state index is 13.5. The molecule has 42 heavy (non-hydrogen) atoms. The maximum Gasteiger partial charge on any atom is 0.272 e. The van der Waals surface area contributed by atoms with Gasteiger partial charge in [0.15, 0.2) is 5.13 Å². The van der Waals surface area contributed by atoms with Crippen LogP contribution in [-0.2, 0) is 17.6 Å². The van der Waals surface area contributed by atoms with Gasteiger partial charge in [-0.3, -0.25) is 29.9 Å². The number of benzene rings is 1. The third-order valence-electron chi connectivity index (χ3n) is 8.53. The lowest BCUT2D eigenvalue weighted by atomic mass is 9.96. The van der Waals surface area contributed by atoms with E-state index in [0.717, 1.165) is 75.2 Å². The van der Waals surface area contributed by atoms with Crippen molar-refractivity contribution in [2.75, 3.05) is 38.2 Å². The van der Waals surface area contributed by atoms with Crippen LogP contribution in [0.1, 0.15) is 62.3 Å². The molecular formula is C31H33N7O3S. The number of amides is 2. The molecule has 7 rings (SSSR count). The predicted octanol–water partition coefficient (Wildman–Crippen LogP) is 4.35. The Labute approximate surface area is 248 Å². The predicted molar refractivity (Wildman–Crippen MR) is 160 cm³/mol. The number of aryl methyl sites for hydroxylation is 1. The number of anilines is 1. The molecule has 4 aromatic rings. The van der Waals surface area contributed by atoms with Crippen LogP contribution >= 0.6 is 11.3 Å². The van der Waals surface area contributed by atoms with E-state index in [0.29, 0.717) is 34.7 Å². The number of hydrogen-bond donors (Lipinski definition) is 2. The summed E-state index contributed by atoms with van der Waals surface area (Å²) in [7, 11) is 0. The van der Waals surface area contributed by atoms with Crippen molar-refractivity contribution in [1.82, 2.24) is 30.0 Å². The van der Waals surface area contributed by atoms with E-state index in [9.17, 15) is 9.59 Å². The first-order valence-electron chi connectivity index (χ1n) is 14.6. The molecule has 5 heterocycles. The molecule has 11 heteroatoms. The largest absolute Gasteiger partial charge is 0.379 e. The minimum absolute atomic E-state index is 0.0936. The van der Waals surface area contributed by atoms with Gasteiger partial charge < -0.3 is 9.64 Å². The summed E-state index contributed by atoms with van der Waals surface area (Å²) in [6, 6.07) is 13.5. The summed E-state index contributed by atoms with van der Waals surface area (Å²) >= 11 is 1.59. The van der Waals surface area contributed by atoms with Gasteiger partial charge in [-0.2, -0.15) is 5.10 Å². The fourth-order valence-corrected chi connectivity index (χ4v) is 7.41. The van der Waals surface area contributed by atoms with Gasteiger partial charge in [0.2, 0.25) is 0 Å². The van der Waals surface area contributed by atoms with Crippen LogP contribution in [0, 0.1) is 0 Å². The molecule has 2 aliphatic heterocycles. The highest BCUT2D eigenvalue weighted by Crippen LogP contribution is 2.35. The summed E-state index contributed by atoms with van der Waals surface area (Å²) in [6.07, 6.45) is 8.15. The van der Waals surface area contributed by atoms with Crippen molar-refractivity contribution in [2.45, 2.75) is 44.2 Å². The second kappa shape index (κ2) is 11.7. The number of ether oxygens (including phenoxy) is 1. The van der Waals surface area contributed by atoms with Crippen LogP contribution in [0.4, 0.5) is 5.13 Å². The highest BCUT2D eigenvalue weighted by molar-refractivity contribution is 7.15. The third kappa shape index (κ3) is 5.47. The Bertz CT molecular complexity index is 1580. The molecule has 2 fully saturated rings. The quantitative estimate of drug-likeness (QED) is 0.347. The van der Waals surface area contributed by atoms with Gasteiger partial charge in [-0.05, 0) is 68.0 Å². The molecule has 0 spiro atoms. The van der Waals surface area contributed by atoms with E-state index in [4.69, 9.17) is 9.72 Å². The number of nitrogens with one attached hydrogen (secondary N) is 2. The van der Waals surface area contributed by atoms with E-state index in [-0.39, 0.29) is 17.9 Å². The van der Waals surface area contributed by atoms with Gasteiger partial charge in [0, 0.05) is 54.1 Å². The Kier molecular flexibility index (Phi) is 7.54. The van der Waals surface area contributed by atoms with E-state index >= 15 is 0 Å². The van der Waals surface area contributed by atoms with Crippen molar-refractivity contribution in [1.29, 1.82) is 0 Å². The maximum atomic E-state index is 13.5. The van der Waals surface area contributed by atoms with Gasteiger partial charge in [0.1, 0.15) is 5.69 Å². The Morgan fingerprint density at radius 1 is 1.05 bits per heavy atom. The molecule has 0 bridgehead atoms. The molecule has 2 N–H and O–H groups in total. The van der Waals surface area contributed by atoms with Gasteiger partial charge >= 0.3 is 0 Å². The number of hydrogen-bond acceptors (Lipinski definition) is 8. The normalized spacial score (nSPS) is 20.8. The van der Waals surface area contributed by atoms with Gasteiger partial charge in [-0.15, -0.1) is 11.3 Å². The lowest BCUT2D eigenvalue weighted by Crippen LogP contribution is -2.45. The molecular weight excluding hydrogens is 550 g/mol. The van der Waals surface area contributed by atoms with Crippen molar-refractivity contribution in [2.24, 2.45) is 0 Å². The van der Waals surface area contributed by atoms with E-state index in [1.807, 2.05) is 41.3 Å². The van der Waals surface area contributed by atoms with Gasteiger partial charge in [-0.25, -0.2) is 4.98 Å². The standard InChI is InChI=1S/C31H33N7O3S/c39-29(34-31-33-24-7-6-23(18-28(24)42-31)37-13-15-41-16-14-37)22-4-1-3-21(17-22)27-5-2-12-38(27)30(40)26-19-25(35-36-26)20-8-10-32-11-9-20/h1,3-4,8-11,17,19,23,27H,2,5-7,12-16,18H2,(H,35,36)(H,33,34,39)/t23-,27+/m0/s1. The number of carbonyl (C=O) groups is 2. The first-order chi connectivity index (χ1) is 20.6. The Morgan fingerprint density at radius 2 is 1.90 bits per heavy atom. The smallest absolute Gasteiger partial charge is 0.272 e.